The summed E-state index contributed by atoms with van der Waals surface area (Å²) in [5, 5.41) is 10.9. The number of rotatable bonds is 3. The van der Waals surface area contributed by atoms with E-state index in [0.29, 0.717) is 12.8 Å². The third-order valence-electron chi connectivity index (χ3n) is 4.35. The number of aliphatic carboxylic acids is 1. The van der Waals surface area contributed by atoms with Crippen LogP contribution in [0.2, 0.25) is 0 Å². The lowest BCUT2D eigenvalue weighted by Gasteiger charge is -2.38. The SMILES string of the molecule is CN(C)NC(=O)C1CCC(C)(C(=O)O)C1(C)C. The van der Waals surface area contributed by atoms with Crippen molar-refractivity contribution in [2.45, 2.75) is 33.6 Å². The van der Waals surface area contributed by atoms with Crippen LogP contribution >= 0.6 is 0 Å². The van der Waals surface area contributed by atoms with E-state index in [9.17, 15) is 14.7 Å². The fraction of sp³-hybridized carbons (Fsp3) is 0.833. The molecule has 0 saturated heterocycles. The summed E-state index contributed by atoms with van der Waals surface area (Å²) in [4.78, 5) is 23.4. The van der Waals surface area contributed by atoms with Crippen LogP contribution < -0.4 is 5.43 Å². The molecule has 0 aromatic carbocycles. The average molecular weight is 242 g/mol. The van der Waals surface area contributed by atoms with Gasteiger partial charge in [-0.3, -0.25) is 15.0 Å². The molecule has 0 spiro atoms. The van der Waals surface area contributed by atoms with Gasteiger partial charge in [0.25, 0.3) is 0 Å². The quantitative estimate of drug-likeness (QED) is 0.727. The van der Waals surface area contributed by atoms with Crippen LogP contribution in [0.15, 0.2) is 0 Å². The van der Waals surface area contributed by atoms with Crippen LogP contribution in [0.25, 0.3) is 0 Å². The van der Waals surface area contributed by atoms with Crippen molar-refractivity contribution < 1.29 is 14.7 Å². The van der Waals surface area contributed by atoms with E-state index in [1.54, 1.807) is 26.0 Å². The van der Waals surface area contributed by atoms with Gasteiger partial charge in [0, 0.05) is 20.0 Å². The standard InChI is InChI=1S/C12H22N2O3/c1-11(2)8(9(15)13-14(4)5)6-7-12(11,3)10(16)17/h8H,6-7H2,1-5H3,(H,13,15)(H,16,17). The second-order valence-corrected chi connectivity index (χ2v) is 5.82. The fourth-order valence-electron chi connectivity index (χ4n) is 2.64. The van der Waals surface area contributed by atoms with Gasteiger partial charge in [-0.25, -0.2) is 5.01 Å². The Balaban J connectivity index is 2.93. The Hall–Kier alpha value is -1.10. The van der Waals surface area contributed by atoms with Crippen LogP contribution in [0.4, 0.5) is 0 Å². The maximum atomic E-state index is 12.0. The predicted molar refractivity (Wildman–Crippen MR) is 64.1 cm³/mol. The van der Waals surface area contributed by atoms with E-state index in [1.165, 1.54) is 0 Å². The van der Waals surface area contributed by atoms with Gasteiger partial charge in [-0.2, -0.15) is 0 Å². The van der Waals surface area contributed by atoms with Crippen molar-refractivity contribution in [3.05, 3.63) is 0 Å². The number of hydrogen-bond donors (Lipinski definition) is 2. The van der Waals surface area contributed by atoms with Gasteiger partial charge in [0.2, 0.25) is 5.91 Å². The van der Waals surface area contributed by atoms with E-state index >= 15 is 0 Å². The van der Waals surface area contributed by atoms with E-state index < -0.39 is 16.8 Å². The largest absolute Gasteiger partial charge is 0.481 e. The van der Waals surface area contributed by atoms with Crippen molar-refractivity contribution in [1.29, 1.82) is 0 Å². The molecule has 2 N–H and O–H groups in total. The monoisotopic (exact) mass is 242 g/mol. The summed E-state index contributed by atoms with van der Waals surface area (Å²) in [7, 11) is 3.49. The lowest BCUT2D eigenvalue weighted by Crippen LogP contribution is -2.48. The van der Waals surface area contributed by atoms with Gasteiger partial charge >= 0.3 is 5.97 Å². The van der Waals surface area contributed by atoms with E-state index in [-0.39, 0.29) is 11.8 Å². The molecule has 1 fully saturated rings. The van der Waals surface area contributed by atoms with Crippen molar-refractivity contribution in [2.24, 2.45) is 16.7 Å². The third kappa shape index (κ3) is 2.16. The molecule has 5 heteroatoms. The number of nitrogens with zero attached hydrogens (tertiary/aromatic N) is 1. The molecule has 98 valence electrons. The van der Waals surface area contributed by atoms with Crippen LogP contribution in [0.1, 0.15) is 33.6 Å². The summed E-state index contributed by atoms with van der Waals surface area (Å²) in [6.07, 6.45) is 1.16. The second-order valence-electron chi connectivity index (χ2n) is 5.82. The minimum Gasteiger partial charge on any atom is -0.481 e. The summed E-state index contributed by atoms with van der Waals surface area (Å²) in [5.41, 5.74) is 1.34. The lowest BCUT2D eigenvalue weighted by atomic mass is 9.65. The van der Waals surface area contributed by atoms with Gasteiger partial charge in [-0.05, 0) is 25.2 Å². The van der Waals surface area contributed by atoms with Crippen molar-refractivity contribution in [2.75, 3.05) is 14.1 Å². The molecule has 5 nitrogen and oxygen atoms in total. The molecule has 0 aromatic heterocycles. The molecule has 0 heterocycles. The summed E-state index contributed by atoms with van der Waals surface area (Å²) >= 11 is 0. The molecule has 0 radical (unpaired) electrons. The highest BCUT2D eigenvalue weighted by atomic mass is 16.4. The number of carboxylic acids is 1. The number of nitrogens with one attached hydrogen (secondary N) is 1. The summed E-state index contributed by atoms with van der Waals surface area (Å²) < 4.78 is 0. The van der Waals surface area contributed by atoms with Gasteiger partial charge in [0.1, 0.15) is 0 Å². The van der Waals surface area contributed by atoms with Crippen molar-refractivity contribution in [1.82, 2.24) is 10.4 Å². The Morgan fingerprint density at radius 1 is 1.29 bits per heavy atom. The molecular weight excluding hydrogens is 220 g/mol. The number of carbonyl (C=O) groups is 2. The molecule has 1 aliphatic rings. The zero-order valence-electron chi connectivity index (χ0n) is 11.2. The molecule has 0 aliphatic heterocycles. The van der Waals surface area contributed by atoms with Crippen LogP contribution in [-0.2, 0) is 9.59 Å². The molecule has 1 rings (SSSR count). The summed E-state index contributed by atoms with van der Waals surface area (Å²) in [5.74, 6) is -1.17. The first-order chi connectivity index (χ1) is 7.63. The topological polar surface area (TPSA) is 69.6 Å². The minimum absolute atomic E-state index is 0.0926. The first-order valence-electron chi connectivity index (χ1n) is 5.84. The Morgan fingerprint density at radius 3 is 2.18 bits per heavy atom. The third-order valence-corrected chi connectivity index (χ3v) is 4.35. The molecule has 1 saturated carbocycles. The second kappa shape index (κ2) is 4.29. The van der Waals surface area contributed by atoms with E-state index in [2.05, 4.69) is 5.43 Å². The first kappa shape index (κ1) is 14.0. The lowest BCUT2D eigenvalue weighted by molar-refractivity contribution is -0.155. The zero-order chi connectivity index (χ0) is 13.4. The molecular formula is C12H22N2O3. The van der Waals surface area contributed by atoms with Crippen LogP contribution in [0.5, 0.6) is 0 Å². The van der Waals surface area contributed by atoms with Gasteiger partial charge < -0.3 is 5.11 Å². The van der Waals surface area contributed by atoms with Crippen LogP contribution in [0.3, 0.4) is 0 Å². The Morgan fingerprint density at radius 2 is 1.82 bits per heavy atom. The first-order valence-corrected chi connectivity index (χ1v) is 5.84. The van der Waals surface area contributed by atoms with Gasteiger partial charge in [0.05, 0.1) is 5.41 Å². The number of carbonyl (C=O) groups excluding carboxylic acids is 1. The van der Waals surface area contributed by atoms with E-state index in [4.69, 9.17) is 0 Å². The summed E-state index contributed by atoms with van der Waals surface area (Å²) in [6, 6.07) is 0. The Labute approximate surface area is 102 Å². The highest BCUT2D eigenvalue weighted by molar-refractivity contribution is 5.83. The predicted octanol–water partition coefficient (Wildman–Crippen LogP) is 1.11. The maximum Gasteiger partial charge on any atom is 0.309 e. The maximum absolute atomic E-state index is 12.0. The molecule has 1 aliphatic carbocycles. The molecule has 0 aromatic rings. The van der Waals surface area contributed by atoms with Crippen LogP contribution in [-0.4, -0.2) is 36.1 Å². The highest BCUT2D eigenvalue weighted by Crippen LogP contribution is 2.56. The summed E-state index contributed by atoms with van der Waals surface area (Å²) in [6.45, 7) is 5.47. The Bertz CT molecular complexity index is 339. The minimum atomic E-state index is -0.832. The number of hydrogen-bond acceptors (Lipinski definition) is 3. The number of carboxylic acid groups (broad SMARTS) is 1. The van der Waals surface area contributed by atoms with Crippen molar-refractivity contribution in [3.8, 4) is 0 Å². The normalized spacial score (nSPS) is 31.5. The molecule has 1 amide bonds. The van der Waals surface area contributed by atoms with Gasteiger partial charge in [-0.1, -0.05) is 13.8 Å². The molecule has 2 atom stereocenters. The number of amides is 1. The van der Waals surface area contributed by atoms with Gasteiger partial charge in [-0.15, -0.1) is 0 Å². The fourth-order valence-corrected chi connectivity index (χ4v) is 2.64. The van der Waals surface area contributed by atoms with Crippen molar-refractivity contribution >= 4 is 11.9 Å². The average Bonchev–Trinajstić information content (AvgIpc) is 2.38. The number of hydrazine groups is 1. The van der Waals surface area contributed by atoms with Crippen molar-refractivity contribution in [3.63, 3.8) is 0 Å². The smallest absolute Gasteiger partial charge is 0.309 e. The zero-order valence-corrected chi connectivity index (χ0v) is 11.2. The van der Waals surface area contributed by atoms with E-state index in [0.717, 1.165) is 0 Å². The molecule has 2 unspecified atom stereocenters. The van der Waals surface area contributed by atoms with Gasteiger partial charge in [0.15, 0.2) is 0 Å². The molecule has 0 bridgehead atoms. The van der Waals surface area contributed by atoms with E-state index in [1.807, 2.05) is 13.8 Å². The Kier molecular flexibility index (Phi) is 3.52. The van der Waals surface area contributed by atoms with Crippen LogP contribution in [0, 0.1) is 16.7 Å². The molecule has 17 heavy (non-hydrogen) atoms. The highest BCUT2D eigenvalue weighted by Gasteiger charge is 2.58.